The molecule has 0 unspecified atom stereocenters. The van der Waals surface area contributed by atoms with Gasteiger partial charge in [-0.05, 0) is 43.8 Å². The highest BCUT2D eigenvalue weighted by molar-refractivity contribution is 7.08. The van der Waals surface area contributed by atoms with Crippen molar-refractivity contribution in [1.29, 1.82) is 0 Å². The zero-order valence-electron chi connectivity index (χ0n) is 8.88. The second-order valence-electron chi connectivity index (χ2n) is 3.97. The molecule has 2 rings (SSSR count). The molecule has 1 aliphatic heterocycles. The van der Waals surface area contributed by atoms with Gasteiger partial charge in [-0.3, -0.25) is 4.79 Å². The number of piperidine rings is 1. The van der Waals surface area contributed by atoms with E-state index in [1.807, 2.05) is 17.7 Å². The van der Waals surface area contributed by atoms with Gasteiger partial charge in [0.05, 0.1) is 5.56 Å². The lowest BCUT2D eigenvalue weighted by Gasteiger charge is -2.23. The minimum atomic E-state index is 0.0839. The summed E-state index contributed by atoms with van der Waals surface area (Å²) in [6.07, 6.45) is 2.07. The Kier molecular flexibility index (Phi) is 3.38. The number of amides is 1. The molecule has 1 fully saturated rings. The first-order valence-corrected chi connectivity index (χ1v) is 6.26. The van der Waals surface area contributed by atoms with E-state index in [0.29, 0.717) is 6.04 Å². The van der Waals surface area contributed by atoms with Crippen molar-refractivity contribution in [2.75, 3.05) is 13.1 Å². The summed E-state index contributed by atoms with van der Waals surface area (Å²) >= 11 is 1.58. The minimum absolute atomic E-state index is 0.0839. The number of carbonyl (C=O) groups is 1. The maximum atomic E-state index is 11.9. The first-order chi connectivity index (χ1) is 7.27. The van der Waals surface area contributed by atoms with Gasteiger partial charge in [-0.25, -0.2) is 0 Å². The molecule has 2 heterocycles. The standard InChI is InChI=1S/C11H16N2OS/c1-8-6-15-7-10(8)11(14)13-9-2-4-12-5-3-9/h6-7,9,12H,2-5H2,1H3,(H,13,14). The lowest BCUT2D eigenvalue weighted by molar-refractivity contribution is 0.0929. The Bertz CT molecular complexity index is 342. The highest BCUT2D eigenvalue weighted by atomic mass is 32.1. The molecule has 82 valence electrons. The average Bonchev–Trinajstić information content (AvgIpc) is 2.66. The van der Waals surface area contributed by atoms with Crippen LogP contribution in [0.15, 0.2) is 10.8 Å². The SMILES string of the molecule is Cc1cscc1C(=O)NC1CCNCC1. The first kappa shape index (κ1) is 10.6. The summed E-state index contributed by atoms with van der Waals surface area (Å²) in [5, 5.41) is 10.3. The molecular weight excluding hydrogens is 208 g/mol. The van der Waals surface area contributed by atoms with Gasteiger partial charge in [-0.15, -0.1) is 0 Å². The third-order valence-corrected chi connectivity index (χ3v) is 3.64. The van der Waals surface area contributed by atoms with Crippen LogP contribution in [0.2, 0.25) is 0 Å². The Hall–Kier alpha value is -0.870. The van der Waals surface area contributed by atoms with E-state index in [2.05, 4.69) is 10.6 Å². The van der Waals surface area contributed by atoms with Gasteiger partial charge in [-0.1, -0.05) is 0 Å². The molecule has 0 atom stereocenters. The van der Waals surface area contributed by atoms with Crippen LogP contribution in [0, 0.1) is 6.92 Å². The number of thiophene rings is 1. The predicted octanol–water partition coefficient (Wildman–Crippen LogP) is 1.54. The van der Waals surface area contributed by atoms with Crippen LogP contribution in [0.4, 0.5) is 0 Å². The Morgan fingerprint density at radius 3 is 2.80 bits per heavy atom. The fourth-order valence-corrected chi connectivity index (χ4v) is 2.65. The largest absolute Gasteiger partial charge is 0.349 e. The Morgan fingerprint density at radius 1 is 1.47 bits per heavy atom. The number of hydrogen-bond acceptors (Lipinski definition) is 3. The third-order valence-electron chi connectivity index (χ3n) is 2.77. The van der Waals surface area contributed by atoms with Crippen molar-refractivity contribution in [3.8, 4) is 0 Å². The van der Waals surface area contributed by atoms with Crippen LogP contribution >= 0.6 is 11.3 Å². The van der Waals surface area contributed by atoms with Gasteiger partial charge < -0.3 is 10.6 Å². The fraction of sp³-hybridized carbons (Fsp3) is 0.545. The molecule has 0 spiro atoms. The van der Waals surface area contributed by atoms with Crippen LogP contribution in [0.25, 0.3) is 0 Å². The van der Waals surface area contributed by atoms with E-state index >= 15 is 0 Å². The molecule has 0 bridgehead atoms. The van der Waals surface area contributed by atoms with Gasteiger partial charge in [0.2, 0.25) is 0 Å². The van der Waals surface area contributed by atoms with Crippen LogP contribution in [-0.4, -0.2) is 25.0 Å². The van der Waals surface area contributed by atoms with Crippen LogP contribution in [0.3, 0.4) is 0 Å². The molecule has 1 saturated heterocycles. The van der Waals surface area contributed by atoms with E-state index in [1.54, 1.807) is 11.3 Å². The highest BCUT2D eigenvalue weighted by Gasteiger charge is 2.17. The molecule has 15 heavy (non-hydrogen) atoms. The van der Waals surface area contributed by atoms with Gasteiger partial charge >= 0.3 is 0 Å². The predicted molar refractivity (Wildman–Crippen MR) is 62.4 cm³/mol. The Balaban J connectivity index is 1.94. The van der Waals surface area contributed by atoms with E-state index in [0.717, 1.165) is 37.1 Å². The molecular formula is C11H16N2OS. The van der Waals surface area contributed by atoms with E-state index in [1.165, 1.54) is 0 Å². The topological polar surface area (TPSA) is 41.1 Å². The van der Waals surface area contributed by atoms with Gasteiger partial charge in [0.25, 0.3) is 5.91 Å². The maximum absolute atomic E-state index is 11.9. The number of rotatable bonds is 2. The molecule has 0 aromatic carbocycles. The van der Waals surface area contributed by atoms with E-state index in [4.69, 9.17) is 0 Å². The summed E-state index contributed by atoms with van der Waals surface area (Å²) in [7, 11) is 0. The van der Waals surface area contributed by atoms with Crippen LogP contribution in [0.5, 0.6) is 0 Å². The number of hydrogen-bond donors (Lipinski definition) is 2. The van der Waals surface area contributed by atoms with Crippen molar-refractivity contribution in [2.24, 2.45) is 0 Å². The monoisotopic (exact) mass is 224 g/mol. The molecule has 1 aromatic rings. The van der Waals surface area contributed by atoms with Crippen molar-refractivity contribution in [1.82, 2.24) is 10.6 Å². The normalized spacial score (nSPS) is 17.7. The van der Waals surface area contributed by atoms with Crippen LogP contribution < -0.4 is 10.6 Å². The summed E-state index contributed by atoms with van der Waals surface area (Å²) < 4.78 is 0. The van der Waals surface area contributed by atoms with Crippen LogP contribution in [0.1, 0.15) is 28.8 Å². The molecule has 0 radical (unpaired) electrons. The van der Waals surface area contributed by atoms with Crippen molar-refractivity contribution in [3.05, 3.63) is 21.9 Å². The molecule has 0 saturated carbocycles. The number of nitrogens with one attached hydrogen (secondary N) is 2. The quantitative estimate of drug-likeness (QED) is 0.800. The van der Waals surface area contributed by atoms with Gasteiger partial charge in [0.15, 0.2) is 0 Å². The van der Waals surface area contributed by atoms with Crippen molar-refractivity contribution in [3.63, 3.8) is 0 Å². The van der Waals surface area contributed by atoms with Gasteiger partial charge in [0.1, 0.15) is 0 Å². The van der Waals surface area contributed by atoms with Crippen molar-refractivity contribution in [2.45, 2.75) is 25.8 Å². The first-order valence-electron chi connectivity index (χ1n) is 5.32. The molecule has 1 amide bonds. The lowest BCUT2D eigenvalue weighted by atomic mass is 10.1. The summed E-state index contributed by atoms with van der Waals surface area (Å²) in [5.41, 5.74) is 1.91. The second-order valence-corrected chi connectivity index (χ2v) is 4.71. The fourth-order valence-electron chi connectivity index (χ4n) is 1.82. The number of aryl methyl sites for hydroxylation is 1. The Morgan fingerprint density at radius 2 is 2.20 bits per heavy atom. The molecule has 3 nitrogen and oxygen atoms in total. The van der Waals surface area contributed by atoms with Gasteiger partial charge in [-0.2, -0.15) is 11.3 Å². The maximum Gasteiger partial charge on any atom is 0.252 e. The summed E-state index contributed by atoms with van der Waals surface area (Å²) in [4.78, 5) is 11.9. The highest BCUT2D eigenvalue weighted by Crippen LogP contribution is 2.14. The molecule has 1 aromatic heterocycles. The molecule has 4 heteroatoms. The lowest BCUT2D eigenvalue weighted by Crippen LogP contribution is -2.42. The van der Waals surface area contributed by atoms with Crippen molar-refractivity contribution < 1.29 is 4.79 Å². The third kappa shape index (κ3) is 2.58. The van der Waals surface area contributed by atoms with Crippen LogP contribution in [-0.2, 0) is 0 Å². The summed E-state index contributed by atoms with van der Waals surface area (Å²) in [6, 6.07) is 0.345. The van der Waals surface area contributed by atoms with E-state index in [-0.39, 0.29) is 5.91 Å². The minimum Gasteiger partial charge on any atom is -0.349 e. The van der Waals surface area contributed by atoms with Crippen molar-refractivity contribution >= 4 is 17.2 Å². The van der Waals surface area contributed by atoms with Gasteiger partial charge in [0, 0.05) is 11.4 Å². The Labute approximate surface area is 93.9 Å². The number of carbonyl (C=O) groups excluding carboxylic acids is 1. The van der Waals surface area contributed by atoms with E-state index < -0.39 is 0 Å². The summed E-state index contributed by atoms with van der Waals surface area (Å²) in [5.74, 6) is 0.0839. The summed E-state index contributed by atoms with van der Waals surface area (Å²) in [6.45, 7) is 4.00. The zero-order valence-corrected chi connectivity index (χ0v) is 9.69. The molecule has 0 aliphatic carbocycles. The second kappa shape index (κ2) is 4.77. The smallest absolute Gasteiger partial charge is 0.252 e. The average molecular weight is 224 g/mol. The molecule has 1 aliphatic rings. The molecule has 2 N–H and O–H groups in total. The zero-order chi connectivity index (χ0) is 10.7. The van der Waals surface area contributed by atoms with E-state index in [9.17, 15) is 4.79 Å².